The quantitative estimate of drug-likeness (QED) is 0.485. The number of hydrazine groups is 1. The van der Waals surface area contributed by atoms with Crippen LogP contribution < -0.4 is 11.3 Å². The molecule has 5 heteroatoms. The Morgan fingerprint density at radius 3 is 2.48 bits per heavy atom. The lowest BCUT2D eigenvalue weighted by Gasteiger charge is -2.39. The SMILES string of the molecule is COC1(C(Cc2cccc(Cl)c2Cl)NN)CCCCCC1. The zero-order valence-electron chi connectivity index (χ0n) is 12.5. The lowest BCUT2D eigenvalue weighted by molar-refractivity contribution is -0.0527. The van der Waals surface area contributed by atoms with E-state index >= 15 is 0 Å². The first-order valence-electron chi connectivity index (χ1n) is 7.57. The summed E-state index contributed by atoms with van der Waals surface area (Å²) in [7, 11) is 1.79. The fraction of sp³-hybridized carbons (Fsp3) is 0.625. The van der Waals surface area contributed by atoms with Gasteiger partial charge in [0.15, 0.2) is 0 Å². The van der Waals surface area contributed by atoms with Crippen molar-refractivity contribution in [2.75, 3.05) is 7.11 Å². The summed E-state index contributed by atoms with van der Waals surface area (Å²) in [5.74, 6) is 5.85. The van der Waals surface area contributed by atoms with Crippen molar-refractivity contribution in [1.82, 2.24) is 5.43 Å². The molecule has 1 atom stereocenters. The number of rotatable bonds is 5. The van der Waals surface area contributed by atoms with Crippen LogP contribution in [0.2, 0.25) is 10.0 Å². The number of nitrogens with two attached hydrogens (primary N) is 1. The van der Waals surface area contributed by atoms with Crippen molar-refractivity contribution in [3.05, 3.63) is 33.8 Å². The molecule has 3 nitrogen and oxygen atoms in total. The molecule has 0 amide bonds. The second kappa shape index (κ2) is 7.80. The van der Waals surface area contributed by atoms with Crippen LogP contribution >= 0.6 is 23.2 Å². The molecular formula is C16H24Cl2N2O. The lowest BCUT2D eigenvalue weighted by atomic mass is 9.83. The highest BCUT2D eigenvalue weighted by Crippen LogP contribution is 2.35. The van der Waals surface area contributed by atoms with Crippen molar-refractivity contribution in [2.45, 2.75) is 56.6 Å². The van der Waals surface area contributed by atoms with Crippen molar-refractivity contribution >= 4 is 23.2 Å². The molecule has 1 unspecified atom stereocenters. The molecule has 118 valence electrons. The minimum atomic E-state index is -0.225. The third-order valence-electron chi connectivity index (χ3n) is 4.65. The highest BCUT2D eigenvalue weighted by atomic mass is 35.5. The van der Waals surface area contributed by atoms with Crippen molar-refractivity contribution in [3.63, 3.8) is 0 Å². The molecule has 1 aliphatic rings. The minimum Gasteiger partial charge on any atom is -0.377 e. The summed E-state index contributed by atoms with van der Waals surface area (Å²) in [6.07, 6.45) is 7.64. The number of ether oxygens (including phenoxy) is 1. The first-order valence-corrected chi connectivity index (χ1v) is 8.33. The molecule has 21 heavy (non-hydrogen) atoms. The molecule has 0 heterocycles. The zero-order chi connectivity index (χ0) is 15.3. The van der Waals surface area contributed by atoms with E-state index in [0.29, 0.717) is 16.5 Å². The number of hydrogen-bond donors (Lipinski definition) is 2. The van der Waals surface area contributed by atoms with Crippen molar-refractivity contribution < 1.29 is 4.74 Å². The normalized spacial score (nSPS) is 20.0. The lowest BCUT2D eigenvalue weighted by Crippen LogP contribution is -2.55. The topological polar surface area (TPSA) is 47.3 Å². The van der Waals surface area contributed by atoms with E-state index in [1.165, 1.54) is 25.7 Å². The summed E-state index contributed by atoms with van der Waals surface area (Å²) in [5, 5.41) is 1.19. The second-order valence-corrected chi connectivity index (χ2v) is 6.60. The Balaban J connectivity index is 2.22. The highest BCUT2D eigenvalue weighted by Gasteiger charge is 2.39. The minimum absolute atomic E-state index is 0.0246. The van der Waals surface area contributed by atoms with Crippen LogP contribution in [0.1, 0.15) is 44.1 Å². The van der Waals surface area contributed by atoms with Crippen LogP contribution in [0.4, 0.5) is 0 Å². The Morgan fingerprint density at radius 1 is 1.24 bits per heavy atom. The van der Waals surface area contributed by atoms with Gasteiger partial charge in [-0.25, -0.2) is 0 Å². The van der Waals surface area contributed by atoms with Crippen LogP contribution in [-0.2, 0) is 11.2 Å². The van der Waals surface area contributed by atoms with Crippen molar-refractivity contribution in [1.29, 1.82) is 0 Å². The number of methoxy groups -OCH3 is 1. The molecule has 1 saturated carbocycles. The monoisotopic (exact) mass is 330 g/mol. The fourth-order valence-corrected chi connectivity index (χ4v) is 3.74. The third-order valence-corrected chi connectivity index (χ3v) is 5.51. The van der Waals surface area contributed by atoms with Gasteiger partial charge in [0.2, 0.25) is 0 Å². The maximum Gasteiger partial charge on any atom is 0.0847 e. The van der Waals surface area contributed by atoms with E-state index in [-0.39, 0.29) is 11.6 Å². The van der Waals surface area contributed by atoms with E-state index in [1.54, 1.807) is 13.2 Å². The summed E-state index contributed by atoms with van der Waals surface area (Å²) in [6, 6.07) is 5.75. The standard InChI is InChI=1S/C16H24Cl2N2O/c1-21-16(9-4-2-3-5-10-16)14(20-19)11-12-7-6-8-13(17)15(12)18/h6-8,14,20H,2-5,9-11,19H2,1H3. The van der Waals surface area contributed by atoms with Crippen LogP contribution in [-0.4, -0.2) is 18.8 Å². The van der Waals surface area contributed by atoms with E-state index in [1.807, 2.05) is 12.1 Å². The van der Waals surface area contributed by atoms with E-state index in [9.17, 15) is 0 Å². The van der Waals surface area contributed by atoms with Crippen LogP contribution in [0, 0.1) is 0 Å². The first-order chi connectivity index (χ1) is 10.1. The molecule has 2 rings (SSSR count). The molecule has 1 fully saturated rings. The molecule has 0 bridgehead atoms. The van der Waals surface area contributed by atoms with Crippen LogP contribution in [0.5, 0.6) is 0 Å². The van der Waals surface area contributed by atoms with Crippen molar-refractivity contribution in [2.24, 2.45) is 5.84 Å². The Morgan fingerprint density at radius 2 is 1.90 bits per heavy atom. The number of nitrogens with one attached hydrogen (secondary N) is 1. The van der Waals surface area contributed by atoms with Gasteiger partial charge in [-0.05, 0) is 30.9 Å². The van der Waals surface area contributed by atoms with Crippen LogP contribution in [0.25, 0.3) is 0 Å². The molecule has 3 N–H and O–H groups in total. The predicted molar refractivity (Wildman–Crippen MR) is 88.7 cm³/mol. The Bertz CT molecular complexity index is 460. The van der Waals surface area contributed by atoms with Crippen molar-refractivity contribution in [3.8, 4) is 0 Å². The average molecular weight is 331 g/mol. The van der Waals surface area contributed by atoms with Gasteiger partial charge in [0.1, 0.15) is 0 Å². The molecule has 0 saturated heterocycles. The molecular weight excluding hydrogens is 307 g/mol. The fourth-order valence-electron chi connectivity index (χ4n) is 3.34. The number of benzene rings is 1. The van der Waals surface area contributed by atoms with Gasteiger partial charge in [-0.2, -0.15) is 0 Å². The first kappa shape index (κ1) is 17.0. The van der Waals surface area contributed by atoms with E-state index < -0.39 is 0 Å². The third kappa shape index (κ3) is 3.91. The van der Waals surface area contributed by atoms with E-state index in [0.717, 1.165) is 18.4 Å². The van der Waals surface area contributed by atoms with Gasteiger partial charge in [0.25, 0.3) is 0 Å². The zero-order valence-corrected chi connectivity index (χ0v) is 14.0. The van der Waals surface area contributed by atoms with Gasteiger partial charge < -0.3 is 4.74 Å². The highest BCUT2D eigenvalue weighted by molar-refractivity contribution is 6.42. The maximum absolute atomic E-state index is 6.31. The molecule has 1 aromatic rings. The van der Waals surface area contributed by atoms with Gasteiger partial charge >= 0.3 is 0 Å². The van der Waals surface area contributed by atoms with E-state index in [4.69, 9.17) is 33.8 Å². The smallest absolute Gasteiger partial charge is 0.0847 e. The molecule has 0 radical (unpaired) electrons. The number of hydrogen-bond acceptors (Lipinski definition) is 3. The molecule has 1 aromatic carbocycles. The maximum atomic E-state index is 6.31. The summed E-state index contributed by atoms with van der Waals surface area (Å²) >= 11 is 12.4. The predicted octanol–water partition coefficient (Wildman–Crippen LogP) is 4.11. The molecule has 0 aromatic heterocycles. The summed E-state index contributed by atoms with van der Waals surface area (Å²) in [6.45, 7) is 0. The molecule has 1 aliphatic carbocycles. The Hall–Kier alpha value is -0.320. The van der Waals surface area contributed by atoms with E-state index in [2.05, 4.69) is 5.43 Å². The summed E-state index contributed by atoms with van der Waals surface area (Å²) in [5.41, 5.74) is 3.74. The summed E-state index contributed by atoms with van der Waals surface area (Å²) in [4.78, 5) is 0. The van der Waals surface area contributed by atoms with Gasteiger partial charge in [-0.3, -0.25) is 11.3 Å². The second-order valence-electron chi connectivity index (χ2n) is 5.82. The molecule has 0 spiro atoms. The van der Waals surface area contributed by atoms with Gasteiger partial charge in [-0.1, -0.05) is 61.0 Å². The average Bonchev–Trinajstić information content (AvgIpc) is 2.75. The molecule has 0 aliphatic heterocycles. The van der Waals surface area contributed by atoms with Gasteiger partial charge in [-0.15, -0.1) is 0 Å². The number of halogens is 2. The Kier molecular flexibility index (Phi) is 6.33. The van der Waals surface area contributed by atoms with Gasteiger partial charge in [0.05, 0.1) is 21.7 Å². The van der Waals surface area contributed by atoms with Crippen LogP contribution in [0.3, 0.4) is 0 Å². The van der Waals surface area contributed by atoms with Crippen LogP contribution in [0.15, 0.2) is 18.2 Å². The Labute approximate surface area is 137 Å². The summed E-state index contributed by atoms with van der Waals surface area (Å²) < 4.78 is 5.94. The van der Waals surface area contributed by atoms with Gasteiger partial charge in [0, 0.05) is 7.11 Å². The largest absolute Gasteiger partial charge is 0.377 e.